The fourth-order valence-corrected chi connectivity index (χ4v) is 2.62. The lowest BCUT2D eigenvalue weighted by Gasteiger charge is -2.06. The number of hydrogen-bond donors (Lipinski definition) is 1. The molecule has 4 nitrogen and oxygen atoms in total. The Hall–Kier alpha value is -1.19. The van der Waals surface area contributed by atoms with Crippen LogP contribution in [-0.4, -0.2) is 16.5 Å². The third-order valence-electron chi connectivity index (χ3n) is 2.46. The molecule has 1 N–H and O–H groups in total. The van der Waals surface area contributed by atoms with Crippen molar-refractivity contribution in [2.45, 2.75) is 32.0 Å². The fraction of sp³-hybridized carbons (Fsp3) is 0.417. The predicted octanol–water partition coefficient (Wildman–Crippen LogP) is 3.24. The Morgan fingerprint density at radius 2 is 2.17 bits per heavy atom. The highest BCUT2D eigenvalue weighted by Crippen LogP contribution is 2.33. The van der Waals surface area contributed by atoms with E-state index in [4.69, 9.17) is 5.26 Å². The molecule has 0 fully saturated rings. The Morgan fingerprint density at radius 3 is 2.61 bits per heavy atom. The molecule has 0 spiro atoms. The molecule has 1 atom stereocenters. The van der Waals surface area contributed by atoms with E-state index in [1.807, 2.05) is 13.0 Å². The van der Waals surface area contributed by atoms with Crippen LogP contribution in [0.25, 0.3) is 0 Å². The van der Waals surface area contributed by atoms with Crippen LogP contribution < -0.4 is 5.32 Å². The van der Waals surface area contributed by atoms with Crippen LogP contribution in [-0.2, 0) is 4.79 Å². The molecule has 0 bridgehead atoms. The highest BCUT2D eigenvalue weighted by Gasteiger charge is 2.21. The molecule has 0 aliphatic heterocycles. The number of carbonyl (C=O) groups excluding carboxylic acids is 2. The van der Waals surface area contributed by atoms with Gasteiger partial charge in [-0.05, 0) is 25.8 Å². The van der Waals surface area contributed by atoms with Crippen LogP contribution in [0.5, 0.6) is 0 Å². The van der Waals surface area contributed by atoms with Gasteiger partial charge in [-0.2, -0.15) is 5.26 Å². The number of nitriles is 1. The highest BCUT2D eigenvalue weighted by molar-refractivity contribution is 9.10. The van der Waals surface area contributed by atoms with E-state index in [9.17, 15) is 9.59 Å². The van der Waals surface area contributed by atoms with E-state index in [1.54, 1.807) is 6.92 Å². The normalized spacial score (nSPS) is 11.7. The Morgan fingerprint density at radius 1 is 1.56 bits per heavy atom. The quantitative estimate of drug-likeness (QED) is 0.681. The molecule has 1 aromatic heterocycles. The van der Waals surface area contributed by atoms with Gasteiger partial charge in [0.1, 0.15) is 11.1 Å². The number of thiophene rings is 1. The van der Waals surface area contributed by atoms with E-state index >= 15 is 0 Å². The number of nitrogens with one attached hydrogen (secondary N) is 1. The molecular formula is C12H13BrN2O2S. The Kier molecular flexibility index (Phi) is 5.05. The van der Waals surface area contributed by atoms with Crippen LogP contribution in [0, 0.1) is 18.3 Å². The van der Waals surface area contributed by atoms with Crippen molar-refractivity contribution >= 4 is 44.0 Å². The maximum atomic E-state index is 11.8. The van der Waals surface area contributed by atoms with Gasteiger partial charge < -0.3 is 5.32 Å². The first-order valence-electron chi connectivity index (χ1n) is 5.41. The van der Waals surface area contributed by atoms with Gasteiger partial charge in [0, 0.05) is 0 Å². The van der Waals surface area contributed by atoms with Crippen molar-refractivity contribution in [2.75, 3.05) is 5.32 Å². The highest BCUT2D eigenvalue weighted by atomic mass is 79.9. The molecule has 6 heteroatoms. The van der Waals surface area contributed by atoms with E-state index in [0.29, 0.717) is 27.4 Å². The zero-order valence-electron chi connectivity index (χ0n) is 10.3. The minimum absolute atomic E-state index is 0.0969. The average molecular weight is 329 g/mol. The molecule has 0 aliphatic carbocycles. The fourth-order valence-electron chi connectivity index (χ4n) is 1.45. The molecule has 18 heavy (non-hydrogen) atoms. The number of anilines is 1. The molecule has 0 aliphatic rings. The Bertz CT molecular complexity index is 531. The minimum Gasteiger partial charge on any atom is -0.316 e. The number of ketones is 1. The van der Waals surface area contributed by atoms with Gasteiger partial charge >= 0.3 is 0 Å². The molecule has 1 heterocycles. The molecule has 0 radical (unpaired) electrons. The summed E-state index contributed by atoms with van der Waals surface area (Å²) in [6.07, 6.45) is 0.650. The summed E-state index contributed by atoms with van der Waals surface area (Å²) in [5.74, 6) is -0.300. The number of Topliss-reactive ketones (excluding diaryl/α,β-unsaturated/α-hetero) is 1. The topological polar surface area (TPSA) is 70.0 Å². The lowest BCUT2D eigenvalue weighted by Crippen LogP contribution is -2.21. The zero-order valence-corrected chi connectivity index (χ0v) is 12.7. The summed E-state index contributed by atoms with van der Waals surface area (Å²) in [6.45, 7) is 5.04. The zero-order chi connectivity index (χ0) is 13.9. The van der Waals surface area contributed by atoms with Crippen molar-refractivity contribution in [1.29, 1.82) is 5.26 Å². The van der Waals surface area contributed by atoms with Crippen LogP contribution in [0.3, 0.4) is 0 Å². The number of amides is 1. The smallest absolute Gasteiger partial charge is 0.238 e. The second-order valence-corrected chi connectivity index (χ2v) is 5.92. The van der Waals surface area contributed by atoms with Crippen molar-refractivity contribution in [1.82, 2.24) is 0 Å². The van der Waals surface area contributed by atoms with E-state index in [2.05, 4.69) is 21.2 Å². The van der Waals surface area contributed by atoms with Gasteiger partial charge in [-0.15, -0.1) is 11.3 Å². The van der Waals surface area contributed by atoms with Crippen LogP contribution in [0.1, 0.15) is 41.1 Å². The standard InChI is InChI=1S/C12H13BrN2O2S/c1-4-9(13)11(17)15-12-8(5-14)6(2)10(18-12)7(3)16/h9H,4H2,1-3H3,(H,15,17)/t9-/m1/s1. The molecule has 1 rings (SSSR count). The summed E-state index contributed by atoms with van der Waals surface area (Å²) in [7, 11) is 0. The van der Waals surface area contributed by atoms with Crippen LogP contribution in [0.2, 0.25) is 0 Å². The largest absolute Gasteiger partial charge is 0.316 e. The molecule has 1 amide bonds. The lowest BCUT2D eigenvalue weighted by atomic mass is 10.1. The SMILES string of the molecule is CC[C@@H](Br)C(=O)Nc1sc(C(C)=O)c(C)c1C#N. The second kappa shape index (κ2) is 6.12. The van der Waals surface area contributed by atoms with Crippen molar-refractivity contribution in [2.24, 2.45) is 0 Å². The van der Waals surface area contributed by atoms with Crippen molar-refractivity contribution in [3.63, 3.8) is 0 Å². The molecule has 0 aromatic carbocycles. The van der Waals surface area contributed by atoms with Crippen molar-refractivity contribution in [3.05, 3.63) is 16.0 Å². The Balaban J connectivity index is 3.11. The summed E-state index contributed by atoms with van der Waals surface area (Å²) in [4.78, 5) is 23.4. The number of rotatable bonds is 4. The summed E-state index contributed by atoms with van der Waals surface area (Å²) < 4.78 is 0. The number of halogens is 1. The van der Waals surface area contributed by atoms with Crippen molar-refractivity contribution < 1.29 is 9.59 Å². The van der Waals surface area contributed by atoms with Crippen LogP contribution in [0.15, 0.2) is 0 Å². The average Bonchev–Trinajstić information content (AvgIpc) is 2.64. The van der Waals surface area contributed by atoms with Gasteiger partial charge in [0.05, 0.1) is 15.3 Å². The summed E-state index contributed by atoms with van der Waals surface area (Å²) in [5, 5.41) is 12.2. The lowest BCUT2D eigenvalue weighted by molar-refractivity contribution is -0.115. The number of alkyl halides is 1. The van der Waals surface area contributed by atoms with Crippen LogP contribution >= 0.6 is 27.3 Å². The maximum Gasteiger partial charge on any atom is 0.238 e. The number of carbonyl (C=O) groups is 2. The molecular weight excluding hydrogens is 316 g/mol. The predicted molar refractivity (Wildman–Crippen MR) is 75.4 cm³/mol. The Labute approximate surface area is 118 Å². The molecule has 0 saturated heterocycles. The van der Waals surface area contributed by atoms with E-state index < -0.39 is 0 Å². The minimum atomic E-state index is -0.299. The maximum absolute atomic E-state index is 11.8. The summed E-state index contributed by atoms with van der Waals surface area (Å²) in [6, 6.07) is 2.03. The first kappa shape index (κ1) is 14.9. The van der Waals surface area contributed by atoms with Crippen LogP contribution in [0.4, 0.5) is 5.00 Å². The number of hydrogen-bond acceptors (Lipinski definition) is 4. The monoisotopic (exact) mass is 328 g/mol. The van der Waals surface area contributed by atoms with Gasteiger partial charge in [0.25, 0.3) is 0 Å². The first-order chi connectivity index (χ1) is 8.42. The van der Waals surface area contributed by atoms with E-state index in [-0.39, 0.29) is 16.5 Å². The van der Waals surface area contributed by atoms with Gasteiger partial charge in [-0.3, -0.25) is 9.59 Å². The molecule has 96 valence electrons. The summed E-state index contributed by atoms with van der Waals surface area (Å²) >= 11 is 4.39. The van der Waals surface area contributed by atoms with Gasteiger partial charge in [-0.1, -0.05) is 22.9 Å². The first-order valence-corrected chi connectivity index (χ1v) is 7.14. The second-order valence-electron chi connectivity index (χ2n) is 3.79. The van der Waals surface area contributed by atoms with Gasteiger partial charge in [0.2, 0.25) is 5.91 Å². The van der Waals surface area contributed by atoms with Gasteiger partial charge in [0.15, 0.2) is 5.78 Å². The van der Waals surface area contributed by atoms with Crippen molar-refractivity contribution in [3.8, 4) is 6.07 Å². The molecule has 1 aromatic rings. The molecule has 0 unspecified atom stereocenters. The molecule has 0 saturated carbocycles. The number of nitrogens with zero attached hydrogens (tertiary/aromatic N) is 1. The third kappa shape index (κ3) is 2.98. The van der Waals surface area contributed by atoms with E-state index in [1.165, 1.54) is 6.92 Å². The third-order valence-corrected chi connectivity index (χ3v) is 4.83. The van der Waals surface area contributed by atoms with E-state index in [0.717, 1.165) is 11.3 Å². The van der Waals surface area contributed by atoms with Gasteiger partial charge in [-0.25, -0.2) is 0 Å². The summed E-state index contributed by atoms with van der Waals surface area (Å²) in [5.41, 5.74) is 1.00.